The largest absolute Gasteiger partial charge is 0.0801 e. The third-order valence-corrected chi connectivity index (χ3v) is 12.4. The van der Waals surface area contributed by atoms with Crippen LogP contribution in [-0.2, 0) is 0 Å². The lowest BCUT2D eigenvalue weighted by Crippen LogP contribution is -2.58. The fraction of sp³-hybridized carbons (Fsp3) is 0.867. The highest BCUT2D eigenvalue weighted by atomic mass is 14.7. The predicted molar refractivity (Wildman–Crippen MR) is 129 cm³/mol. The summed E-state index contributed by atoms with van der Waals surface area (Å²) < 4.78 is 0. The molecule has 0 heteroatoms. The maximum Gasteiger partial charge on any atom is -0.00158 e. The van der Waals surface area contributed by atoms with E-state index in [0.29, 0.717) is 27.1 Å². The second kappa shape index (κ2) is 6.29. The van der Waals surface area contributed by atoms with E-state index in [9.17, 15) is 0 Å². The van der Waals surface area contributed by atoms with Gasteiger partial charge in [0.25, 0.3) is 0 Å². The van der Waals surface area contributed by atoms with Gasteiger partial charge in [0.15, 0.2) is 0 Å². The Morgan fingerprint density at radius 2 is 1.53 bits per heavy atom. The van der Waals surface area contributed by atoms with E-state index in [0.717, 1.165) is 23.7 Å². The molecule has 0 bridgehead atoms. The minimum Gasteiger partial charge on any atom is -0.0801 e. The predicted octanol–water partition coefficient (Wildman–Crippen LogP) is 8.97. The van der Waals surface area contributed by atoms with Crippen molar-refractivity contribution >= 4 is 0 Å². The molecule has 0 N–H and O–H groups in total. The molecule has 7 atom stereocenters. The fourth-order valence-electron chi connectivity index (χ4n) is 10.6. The molecule has 5 rings (SSSR count). The molecule has 5 aliphatic carbocycles. The molecule has 0 unspecified atom stereocenters. The van der Waals surface area contributed by atoms with Crippen LogP contribution in [0.4, 0.5) is 0 Å². The molecule has 0 aromatic rings. The van der Waals surface area contributed by atoms with Gasteiger partial charge >= 0.3 is 0 Å². The molecule has 168 valence electrons. The zero-order valence-electron chi connectivity index (χ0n) is 21.3. The molecule has 0 aromatic heterocycles. The van der Waals surface area contributed by atoms with Gasteiger partial charge in [0.05, 0.1) is 0 Å². The first kappa shape index (κ1) is 21.3. The minimum atomic E-state index is 0.378. The van der Waals surface area contributed by atoms with Crippen molar-refractivity contribution in [1.29, 1.82) is 0 Å². The van der Waals surface area contributed by atoms with E-state index in [2.05, 4.69) is 67.5 Å². The van der Waals surface area contributed by atoms with Crippen LogP contribution in [0.2, 0.25) is 0 Å². The lowest BCUT2D eigenvalue weighted by atomic mass is 9.38. The Hall–Kier alpha value is -0.520. The molecule has 3 saturated carbocycles. The Labute approximate surface area is 187 Å². The molecule has 0 heterocycles. The molecule has 0 nitrogen and oxygen atoms in total. The molecular formula is C30H48. The number of hydrogen-bond donors (Lipinski definition) is 0. The second-order valence-electron chi connectivity index (χ2n) is 14.2. The van der Waals surface area contributed by atoms with Crippen molar-refractivity contribution in [2.24, 2.45) is 50.7 Å². The Bertz CT molecular complexity index is 795. The monoisotopic (exact) mass is 408 g/mol. The van der Waals surface area contributed by atoms with Gasteiger partial charge in [-0.05, 0) is 113 Å². The maximum atomic E-state index is 2.79. The van der Waals surface area contributed by atoms with Gasteiger partial charge in [0, 0.05) is 0 Å². The van der Waals surface area contributed by atoms with E-state index in [1.165, 1.54) is 57.8 Å². The molecule has 0 radical (unpaired) electrons. The lowest BCUT2D eigenvalue weighted by Gasteiger charge is -2.66. The topological polar surface area (TPSA) is 0 Å². The van der Waals surface area contributed by atoms with Crippen LogP contribution >= 0.6 is 0 Å². The van der Waals surface area contributed by atoms with Gasteiger partial charge in [-0.25, -0.2) is 0 Å². The number of hydrogen-bond acceptors (Lipinski definition) is 0. The Kier molecular flexibility index (Phi) is 4.47. The lowest BCUT2D eigenvalue weighted by molar-refractivity contribution is -0.102. The molecule has 3 fully saturated rings. The summed E-state index contributed by atoms with van der Waals surface area (Å²) in [5, 5.41) is 0. The number of fused-ring (bicyclic) bond motifs is 7. The van der Waals surface area contributed by atoms with Crippen molar-refractivity contribution in [1.82, 2.24) is 0 Å². The average molecular weight is 409 g/mol. The molecule has 0 saturated heterocycles. The van der Waals surface area contributed by atoms with Gasteiger partial charge < -0.3 is 0 Å². The van der Waals surface area contributed by atoms with E-state index in [4.69, 9.17) is 0 Å². The Morgan fingerprint density at radius 3 is 2.23 bits per heavy atom. The first-order valence-corrected chi connectivity index (χ1v) is 13.3. The smallest absolute Gasteiger partial charge is 0.00158 e. The highest BCUT2D eigenvalue weighted by Gasteiger charge is 2.66. The SMILES string of the molecule is CC(C)[C@H]1CC[C@H]2[C@]1(C)CC[C@]1(C)C3=CC[C@H]4C(C)(C)CCC[C@]4(C)C3=CC[C@@]21C. The fourth-order valence-corrected chi connectivity index (χ4v) is 10.6. The van der Waals surface area contributed by atoms with Gasteiger partial charge in [0.1, 0.15) is 0 Å². The van der Waals surface area contributed by atoms with Crippen molar-refractivity contribution in [3.8, 4) is 0 Å². The van der Waals surface area contributed by atoms with Crippen LogP contribution in [0.25, 0.3) is 0 Å². The maximum absolute atomic E-state index is 2.79. The summed E-state index contributed by atoms with van der Waals surface area (Å²) in [5.74, 6) is 3.48. The summed E-state index contributed by atoms with van der Waals surface area (Å²) in [6, 6.07) is 0. The Balaban J connectivity index is 1.59. The van der Waals surface area contributed by atoms with E-state index in [-0.39, 0.29) is 0 Å². The van der Waals surface area contributed by atoms with Gasteiger partial charge in [-0.2, -0.15) is 0 Å². The summed E-state index contributed by atoms with van der Waals surface area (Å²) in [6.07, 6.45) is 18.2. The van der Waals surface area contributed by atoms with Crippen molar-refractivity contribution in [2.45, 2.75) is 113 Å². The normalized spacial score (nSPS) is 52.0. The zero-order chi connectivity index (χ0) is 21.7. The van der Waals surface area contributed by atoms with Crippen molar-refractivity contribution < 1.29 is 0 Å². The zero-order valence-corrected chi connectivity index (χ0v) is 21.3. The van der Waals surface area contributed by atoms with E-state index >= 15 is 0 Å². The van der Waals surface area contributed by atoms with Crippen molar-refractivity contribution in [3.05, 3.63) is 23.3 Å². The first-order valence-electron chi connectivity index (χ1n) is 13.3. The number of allylic oxidation sites excluding steroid dienone is 4. The average Bonchev–Trinajstić information content (AvgIpc) is 3.01. The molecular weight excluding hydrogens is 360 g/mol. The third kappa shape index (κ3) is 2.41. The standard InChI is InChI=1S/C30H48/c1-20(2)21-10-13-25-28(21,6)18-19-29(7)23-11-12-24-26(3,4)15-9-16-27(24,5)22(23)14-17-30(25,29)8/h11,14,20-21,24-25H,9-10,12-13,15-19H2,1-8H3/t21-,24+,25+,27-,28-,29-,30+/m1/s1. The summed E-state index contributed by atoms with van der Waals surface area (Å²) in [5.41, 5.74) is 5.87. The second-order valence-corrected chi connectivity index (χ2v) is 14.2. The highest BCUT2D eigenvalue weighted by molar-refractivity contribution is 5.49. The highest BCUT2D eigenvalue weighted by Crippen LogP contribution is 2.75. The molecule has 5 aliphatic rings. The number of rotatable bonds is 1. The Morgan fingerprint density at radius 1 is 0.800 bits per heavy atom. The first-order chi connectivity index (χ1) is 13.9. The summed E-state index contributed by atoms with van der Waals surface area (Å²) in [4.78, 5) is 0. The van der Waals surface area contributed by atoms with Crippen molar-refractivity contribution in [3.63, 3.8) is 0 Å². The molecule has 0 aromatic carbocycles. The minimum absolute atomic E-state index is 0.378. The summed E-state index contributed by atoms with van der Waals surface area (Å²) >= 11 is 0. The van der Waals surface area contributed by atoms with E-state index in [1.54, 1.807) is 5.57 Å². The van der Waals surface area contributed by atoms with E-state index in [1.807, 2.05) is 5.57 Å². The van der Waals surface area contributed by atoms with Gasteiger partial charge in [-0.3, -0.25) is 0 Å². The quantitative estimate of drug-likeness (QED) is 0.406. The van der Waals surface area contributed by atoms with Gasteiger partial charge in [-0.15, -0.1) is 0 Å². The van der Waals surface area contributed by atoms with Crippen molar-refractivity contribution in [2.75, 3.05) is 0 Å². The van der Waals surface area contributed by atoms with Crippen LogP contribution in [0.5, 0.6) is 0 Å². The summed E-state index contributed by atoms with van der Waals surface area (Å²) in [6.45, 7) is 20.8. The molecule has 0 spiro atoms. The van der Waals surface area contributed by atoms with Crippen LogP contribution in [0.3, 0.4) is 0 Å². The van der Waals surface area contributed by atoms with Gasteiger partial charge in [0.2, 0.25) is 0 Å². The summed E-state index contributed by atoms with van der Waals surface area (Å²) in [7, 11) is 0. The van der Waals surface area contributed by atoms with E-state index < -0.39 is 0 Å². The van der Waals surface area contributed by atoms with Crippen LogP contribution < -0.4 is 0 Å². The van der Waals surface area contributed by atoms with Crippen LogP contribution in [0, 0.1) is 50.7 Å². The third-order valence-electron chi connectivity index (χ3n) is 12.4. The molecule has 0 amide bonds. The van der Waals surface area contributed by atoms with Crippen LogP contribution in [0.1, 0.15) is 113 Å². The van der Waals surface area contributed by atoms with Crippen LogP contribution in [0.15, 0.2) is 23.3 Å². The van der Waals surface area contributed by atoms with Crippen LogP contribution in [-0.4, -0.2) is 0 Å². The van der Waals surface area contributed by atoms with Gasteiger partial charge in [-0.1, -0.05) is 74.0 Å². The molecule has 30 heavy (non-hydrogen) atoms. The molecule has 0 aliphatic heterocycles.